The molecule has 2 N–H and O–H groups in total. The van der Waals surface area contributed by atoms with Crippen molar-refractivity contribution in [1.29, 1.82) is 0 Å². The lowest BCUT2D eigenvalue weighted by atomic mass is 9.69. The second-order valence-electron chi connectivity index (χ2n) is 12.3. The minimum Gasteiger partial charge on any atom is -0.328 e. The zero-order valence-electron chi connectivity index (χ0n) is 23.2. The molecule has 1 heterocycles. The number of hydrogen-bond acceptors (Lipinski definition) is 4. The van der Waals surface area contributed by atoms with Crippen LogP contribution in [0.15, 0.2) is 34.1 Å². The molecule has 194 valence electrons. The fraction of sp³-hybridized carbons (Fsp3) is 0.600. The first-order valence-corrected chi connectivity index (χ1v) is 15.0. The van der Waals surface area contributed by atoms with Crippen molar-refractivity contribution in [3.05, 3.63) is 57.6 Å². The molecule has 35 heavy (non-hydrogen) atoms. The summed E-state index contributed by atoms with van der Waals surface area (Å²) in [6.45, 7) is 20.0. The molecular weight excluding hydrogens is 471 g/mol. The third-order valence-electron chi connectivity index (χ3n) is 7.01. The average Bonchev–Trinajstić information content (AvgIpc) is 2.70. The molecule has 0 saturated heterocycles. The Balaban J connectivity index is 2.40. The van der Waals surface area contributed by atoms with E-state index in [2.05, 4.69) is 86.6 Å². The van der Waals surface area contributed by atoms with Gasteiger partial charge >= 0.3 is 8.60 Å². The Morgan fingerprint density at radius 2 is 1.23 bits per heavy atom. The van der Waals surface area contributed by atoms with Crippen molar-refractivity contribution in [3.63, 3.8) is 0 Å². The first kappa shape index (κ1) is 28.7. The lowest BCUT2D eigenvalue weighted by molar-refractivity contribution is 0.0694. The molecule has 5 heteroatoms. The van der Waals surface area contributed by atoms with E-state index < -0.39 is 14.2 Å². The molecule has 3 rings (SSSR count). The van der Waals surface area contributed by atoms with Crippen molar-refractivity contribution in [2.45, 2.75) is 127 Å². The molecule has 0 unspecified atom stereocenters. The predicted octanol–water partition coefficient (Wildman–Crippen LogP) is 9.20. The van der Waals surface area contributed by atoms with E-state index in [1.54, 1.807) is 0 Å². The molecule has 1 aliphatic heterocycles. The van der Waals surface area contributed by atoms with Crippen LogP contribution in [0.2, 0.25) is 0 Å². The van der Waals surface area contributed by atoms with E-state index in [-0.39, 0.29) is 10.8 Å². The summed E-state index contributed by atoms with van der Waals surface area (Å²) in [4.78, 5) is 23.3. The van der Waals surface area contributed by atoms with Gasteiger partial charge in [0.2, 0.25) is 0 Å². The number of hydrogen-bond donors (Lipinski definition) is 2. The average molecular weight is 517 g/mol. The molecule has 0 saturated carbocycles. The third-order valence-corrected chi connectivity index (χ3v) is 8.57. The fourth-order valence-corrected chi connectivity index (χ4v) is 7.46. The second-order valence-corrected chi connectivity index (χ2v) is 14.1. The highest BCUT2D eigenvalue weighted by Gasteiger charge is 2.49. The Morgan fingerprint density at radius 1 is 0.771 bits per heavy atom. The van der Waals surface area contributed by atoms with Gasteiger partial charge in [0.25, 0.3) is 0 Å². The van der Waals surface area contributed by atoms with E-state index in [1.807, 2.05) is 11.8 Å². The van der Waals surface area contributed by atoms with Crippen molar-refractivity contribution >= 4 is 20.4 Å². The van der Waals surface area contributed by atoms with Crippen molar-refractivity contribution in [1.82, 2.24) is 0 Å². The highest BCUT2D eigenvalue weighted by atomic mass is 32.2. The molecule has 0 amide bonds. The largest absolute Gasteiger partial charge is 0.328 e. The summed E-state index contributed by atoms with van der Waals surface area (Å²) >= 11 is 1.81. The Labute approximate surface area is 219 Å². The Hall–Kier alpha value is -0.900. The minimum atomic E-state index is -2.57. The van der Waals surface area contributed by atoms with Crippen LogP contribution in [-0.4, -0.2) is 9.79 Å². The zero-order valence-corrected chi connectivity index (χ0v) is 24.9. The first-order valence-electron chi connectivity index (χ1n) is 13.1. The van der Waals surface area contributed by atoms with Crippen LogP contribution in [0.1, 0.15) is 120 Å². The summed E-state index contributed by atoms with van der Waals surface area (Å²) < 4.78 is 6.45. The van der Waals surface area contributed by atoms with E-state index in [0.717, 1.165) is 30.4 Å². The maximum atomic E-state index is 10.4. The van der Waals surface area contributed by atoms with Crippen LogP contribution in [0.25, 0.3) is 0 Å². The molecule has 1 aliphatic rings. The topological polar surface area (TPSA) is 49.7 Å². The number of aryl methyl sites for hydroxylation is 2. The van der Waals surface area contributed by atoms with Gasteiger partial charge in [0, 0.05) is 20.9 Å². The molecule has 0 fully saturated rings. The van der Waals surface area contributed by atoms with Crippen LogP contribution in [0.3, 0.4) is 0 Å². The summed E-state index contributed by atoms with van der Waals surface area (Å²) in [6, 6.07) is 9.07. The summed E-state index contributed by atoms with van der Waals surface area (Å²) in [5.41, 5.74) is 6.04. The number of benzene rings is 2. The van der Waals surface area contributed by atoms with Crippen molar-refractivity contribution in [2.75, 3.05) is 0 Å². The van der Waals surface area contributed by atoms with Gasteiger partial charge in [-0.3, -0.25) is 4.52 Å². The van der Waals surface area contributed by atoms with E-state index in [0.29, 0.717) is 0 Å². The summed E-state index contributed by atoms with van der Waals surface area (Å²) in [7, 11) is -2.57. The van der Waals surface area contributed by atoms with Gasteiger partial charge in [0.15, 0.2) is 0 Å². The van der Waals surface area contributed by atoms with E-state index in [4.69, 9.17) is 4.52 Å². The molecule has 2 aromatic rings. The van der Waals surface area contributed by atoms with Crippen LogP contribution in [0, 0.1) is 13.8 Å². The zero-order chi connectivity index (χ0) is 26.2. The van der Waals surface area contributed by atoms with Gasteiger partial charge in [-0.1, -0.05) is 98.0 Å². The van der Waals surface area contributed by atoms with Gasteiger partial charge in [-0.15, -0.1) is 0 Å². The van der Waals surface area contributed by atoms with E-state index in [9.17, 15) is 9.79 Å². The van der Waals surface area contributed by atoms with Gasteiger partial charge in [0.05, 0.1) is 0 Å². The molecule has 0 bridgehead atoms. The van der Waals surface area contributed by atoms with Gasteiger partial charge in [-0.05, 0) is 71.9 Å². The van der Waals surface area contributed by atoms with Crippen LogP contribution >= 0.6 is 20.4 Å². The Kier molecular flexibility index (Phi) is 8.88. The Morgan fingerprint density at radius 3 is 1.63 bits per heavy atom. The molecule has 3 nitrogen and oxygen atoms in total. The number of unbranched alkanes of at least 4 members (excludes halogenated alkanes) is 4. The van der Waals surface area contributed by atoms with Crippen LogP contribution in [0.5, 0.6) is 0 Å². The molecule has 0 spiro atoms. The lowest BCUT2D eigenvalue weighted by Gasteiger charge is -2.46. The van der Waals surface area contributed by atoms with E-state index >= 15 is 0 Å². The normalized spacial score (nSPS) is 15.3. The van der Waals surface area contributed by atoms with Crippen molar-refractivity contribution in [2.24, 2.45) is 0 Å². The smallest absolute Gasteiger partial charge is 0.328 e. The first-order chi connectivity index (χ1) is 16.2. The third kappa shape index (κ3) is 6.16. The van der Waals surface area contributed by atoms with Gasteiger partial charge < -0.3 is 9.79 Å². The fourth-order valence-electron chi connectivity index (χ4n) is 5.43. The van der Waals surface area contributed by atoms with Gasteiger partial charge in [0.1, 0.15) is 5.60 Å². The SMILES string of the molecule is CCCCCCCC1(OP(O)O)c2c(cc(C)cc2C(C)(C)C)Sc2cc(C)cc(C(C)(C)C)c21. The summed E-state index contributed by atoms with van der Waals surface area (Å²) in [5, 5.41) is 0. The van der Waals surface area contributed by atoms with Crippen LogP contribution in [-0.2, 0) is 21.0 Å². The van der Waals surface area contributed by atoms with Crippen molar-refractivity contribution in [3.8, 4) is 0 Å². The number of fused-ring (bicyclic) bond motifs is 2. The van der Waals surface area contributed by atoms with E-state index in [1.165, 1.54) is 51.3 Å². The van der Waals surface area contributed by atoms with Crippen molar-refractivity contribution < 1.29 is 14.3 Å². The maximum absolute atomic E-state index is 10.4. The highest BCUT2D eigenvalue weighted by Crippen LogP contribution is 2.60. The van der Waals surface area contributed by atoms with Crippen LogP contribution < -0.4 is 0 Å². The molecule has 0 aromatic heterocycles. The molecular formula is C30H45O3PS. The maximum Gasteiger partial charge on any atom is 0.328 e. The standard InChI is InChI=1S/C30H45O3PS/c1-10-11-12-13-14-15-30(33-34(31)32)26-22(28(4,5)6)16-20(2)18-24(26)35-25-19-21(3)17-23(27(25)30)29(7,8)9/h16-19,31-32H,10-15H2,1-9H3. The quantitative estimate of drug-likeness (QED) is 0.271. The minimum absolute atomic E-state index is 0.120. The van der Waals surface area contributed by atoms with Gasteiger partial charge in [-0.25, -0.2) is 0 Å². The molecule has 0 aliphatic carbocycles. The summed E-state index contributed by atoms with van der Waals surface area (Å²) in [6.07, 6.45) is 6.43. The second kappa shape index (κ2) is 10.8. The molecule has 2 aromatic carbocycles. The van der Waals surface area contributed by atoms with Crippen LogP contribution in [0.4, 0.5) is 0 Å². The molecule has 0 radical (unpaired) electrons. The molecule has 0 atom stereocenters. The predicted molar refractivity (Wildman–Crippen MR) is 150 cm³/mol. The van der Waals surface area contributed by atoms with Gasteiger partial charge in [-0.2, -0.15) is 0 Å². The number of rotatable bonds is 8. The highest BCUT2D eigenvalue weighted by molar-refractivity contribution is 7.99. The summed E-state index contributed by atoms with van der Waals surface area (Å²) in [5.74, 6) is 0. The monoisotopic (exact) mass is 516 g/mol. The lowest BCUT2D eigenvalue weighted by Crippen LogP contribution is -2.39. The Bertz CT molecular complexity index is 978.